The minimum absolute atomic E-state index is 0.0257. The lowest BCUT2D eigenvalue weighted by Gasteiger charge is -2.31. The monoisotopic (exact) mass is 417 g/mol. The van der Waals surface area contributed by atoms with Gasteiger partial charge in [0.25, 0.3) is 12.2 Å². The lowest BCUT2D eigenvalue weighted by molar-refractivity contribution is -0.0500. The Morgan fingerprint density at radius 1 is 1.17 bits per heavy atom. The SMILES string of the molecule is CC(C)(O)[C@@H](Nc1cc(C(F)F)nc2ncnn12)c1ccc(OC(F)F)cc1F. The van der Waals surface area contributed by atoms with Crippen molar-refractivity contribution < 1.29 is 31.8 Å². The minimum atomic E-state index is -3.13. The molecule has 0 amide bonds. The van der Waals surface area contributed by atoms with Crippen LogP contribution in [0.3, 0.4) is 0 Å². The Morgan fingerprint density at radius 2 is 1.90 bits per heavy atom. The van der Waals surface area contributed by atoms with E-state index in [1.807, 2.05) is 0 Å². The number of hydrogen-bond donors (Lipinski definition) is 2. The summed E-state index contributed by atoms with van der Waals surface area (Å²) in [4.78, 5) is 7.43. The van der Waals surface area contributed by atoms with E-state index in [1.54, 1.807) is 0 Å². The quantitative estimate of drug-likeness (QED) is 0.570. The van der Waals surface area contributed by atoms with Gasteiger partial charge in [0.05, 0.1) is 11.6 Å². The van der Waals surface area contributed by atoms with Crippen molar-refractivity contribution in [1.29, 1.82) is 0 Å². The maximum absolute atomic E-state index is 14.6. The van der Waals surface area contributed by atoms with Crippen molar-refractivity contribution in [2.24, 2.45) is 0 Å². The van der Waals surface area contributed by atoms with E-state index in [1.165, 1.54) is 13.8 Å². The van der Waals surface area contributed by atoms with Gasteiger partial charge in [-0.2, -0.15) is 23.4 Å². The Bertz CT molecular complexity index is 1010. The average Bonchev–Trinajstić information content (AvgIpc) is 3.07. The number of ether oxygens (including phenoxy) is 1. The second-order valence-corrected chi connectivity index (χ2v) is 6.63. The number of hydrogen-bond acceptors (Lipinski definition) is 6. The summed E-state index contributed by atoms with van der Waals surface area (Å²) >= 11 is 0. The fraction of sp³-hybridized carbons (Fsp3) is 0.353. The summed E-state index contributed by atoms with van der Waals surface area (Å²) in [5.74, 6) is -1.50. The molecule has 0 aliphatic heterocycles. The third kappa shape index (κ3) is 4.53. The Balaban J connectivity index is 2.04. The molecule has 0 radical (unpaired) electrons. The highest BCUT2D eigenvalue weighted by Crippen LogP contribution is 2.33. The fourth-order valence-corrected chi connectivity index (χ4v) is 2.75. The second-order valence-electron chi connectivity index (χ2n) is 6.63. The summed E-state index contributed by atoms with van der Waals surface area (Å²) in [5.41, 5.74) is -2.31. The van der Waals surface area contributed by atoms with Gasteiger partial charge in [-0.05, 0) is 19.9 Å². The molecule has 3 aromatic rings. The van der Waals surface area contributed by atoms with Crippen LogP contribution in [0.15, 0.2) is 30.6 Å². The van der Waals surface area contributed by atoms with E-state index in [4.69, 9.17) is 0 Å². The first-order valence-electron chi connectivity index (χ1n) is 8.28. The van der Waals surface area contributed by atoms with Crippen LogP contribution >= 0.6 is 0 Å². The highest BCUT2D eigenvalue weighted by Gasteiger charge is 2.32. The molecule has 0 unspecified atom stereocenters. The highest BCUT2D eigenvalue weighted by atomic mass is 19.3. The Labute approximate surface area is 161 Å². The molecule has 12 heteroatoms. The number of rotatable bonds is 7. The average molecular weight is 417 g/mol. The molecule has 0 aliphatic carbocycles. The number of benzene rings is 1. The molecule has 2 N–H and O–H groups in total. The molecule has 2 heterocycles. The van der Waals surface area contributed by atoms with E-state index in [0.29, 0.717) is 0 Å². The largest absolute Gasteiger partial charge is 0.435 e. The third-order valence-corrected chi connectivity index (χ3v) is 4.00. The van der Waals surface area contributed by atoms with Crippen LogP contribution < -0.4 is 10.1 Å². The minimum Gasteiger partial charge on any atom is -0.435 e. The van der Waals surface area contributed by atoms with Crippen molar-refractivity contribution in [1.82, 2.24) is 19.6 Å². The first-order chi connectivity index (χ1) is 13.6. The van der Waals surface area contributed by atoms with Crippen LogP contribution in [0, 0.1) is 5.82 Å². The van der Waals surface area contributed by atoms with Gasteiger partial charge < -0.3 is 15.2 Å². The van der Waals surface area contributed by atoms with Gasteiger partial charge in [-0.3, -0.25) is 0 Å². The number of nitrogens with one attached hydrogen (secondary N) is 1. The molecule has 2 aromatic heterocycles. The van der Waals surface area contributed by atoms with Crippen molar-refractivity contribution >= 4 is 11.6 Å². The van der Waals surface area contributed by atoms with Gasteiger partial charge in [0, 0.05) is 17.7 Å². The van der Waals surface area contributed by atoms with Gasteiger partial charge in [0.15, 0.2) is 0 Å². The summed E-state index contributed by atoms with van der Waals surface area (Å²) in [6.07, 6.45) is -1.81. The summed E-state index contributed by atoms with van der Waals surface area (Å²) in [7, 11) is 0. The zero-order valence-corrected chi connectivity index (χ0v) is 15.2. The van der Waals surface area contributed by atoms with E-state index in [0.717, 1.165) is 35.1 Å². The molecule has 1 aromatic carbocycles. The normalized spacial score (nSPS) is 13.3. The predicted molar refractivity (Wildman–Crippen MR) is 91.4 cm³/mol. The fourth-order valence-electron chi connectivity index (χ4n) is 2.75. The molecule has 29 heavy (non-hydrogen) atoms. The van der Waals surface area contributed by atoms with Crippen molar-refractivity contribution in [3.8, 4) is 5.75 Å². The van der Waals surface area contributed by atoms with Gasteiger partial charge in [-0.25, -0.2) is 18.2 Å². The van der Waals surface area contributed by atoms with Crippen molar-refractivity contribution in [3.63, 3.8) is 0 Å². The number of aliphatic hydroxyl groups is 1. The zero-order valence-electron chi connectivity index (χ0n) is 15.2. The zero-order chi connectivity index (χ0) is 21.3. The van der Waals surface area contributed by atoms with Gasteiger partial charge >= 0.3 is 6.61 Å². The molecule has 156 valence electrons. The number of alkyl halides is 4. The highest BCUT2D eigenvalue weighted by molar-refractivity contribution is 5.48. The molecule has 0 bridgehead atoms. The van der Waals surface area contributed by atoms with Crippen LogP contribution in [0.4, 0.5) is 27.8 Å². The molecule has 7 nitrogen and oxygen atoms in total. The number of nitrogens with zero attached hydrogens (tertiary/aromatic N) is 4. The smallest absolute Gasteiger partial charge is 0.387 e. The van der Waals surface area contributed by atoms with Gasteiger partial charge in [0.2, 0.25) is 0 Å². The number of halogens is 5. The van der Waals surface area contributed by atoms with Gasteiger partial charge in [-0.1, -0.05) is 6.07 Å². The summed E-state index contributed by atoms with van der Waals surface area (Å²) in [6, 6.07) is 2.81. The number of fused-ring (bicyclic) bond motifs is 1. The molecule has 0 aliphatic rings. The molecule has 0 saturated carbocycles. The van der Waals surface area contributed by atoms with Gasteiger partial charge in [-0.15, -0.1) is 0 Å². The molecule has 1 atom stereocenters. The maximum Gasteiger partial charge on any atom is 0.387 e. The van der Waals surface area contributed by atoms with Crippen LogP contribution in [-0.4, -0.2) is 36.9 Å². The van der Waals surface area contributed by atoms with Crippen LogP contribution in [-0.2, 0) is 0 Å². The number of anilines is 1. The summed E-state index contributed by atoms with van der Waals surface area (Å²) < 4.78 is 70.8. The van der Waals surface area contributed by atoms with Crippen molar-refractivity contribution in [3.05, 3.63) is 47.7 Å². The van der Waals surface area contributed by atoms with Crippen LogP contribution in [0.25, 0.3) is 5.78 Å². The maximum atomic E-state index is 14.6. The topological polar surface area (TPSA) is 84.6 Å². The molecular weight excluding hydrogens is 401 g/mol. The van der Waals surface area contributed by atoms with E-state index >= 15 is 0 Å². The van der Waals surface area contributed by atoms with Crippen LogP contribution in [0.1, 0.15) is 37.6 Å². The third-order valence-electron chi connectivity index (χ3n) is 4.00. The summed E-state index contributed by atoms with van der Waals surface area (Å²) in [6.45, 7) is -0.406. The molecule has 0 fully saturated rings. The Kier molecular flexibility index (Phi) is 5.55. The lowest BCUT2D eigenvalue weighted by atomic mass is 9.91. The molecule has 0 spiro atoms. The number of aromatic nitrogens is 4. The van der Waals surface area contributed by atoms with E-state index in [9.17, 15) is 27.1 Å². The van der Waals surface area contributed by atoms with Crippen LogP contribution in [0.2, 0.25) is 0 Å². The molecule has 0 saturated heterocycles. The first-order valence-corrected chi connectivity index (χ1v) is 8.28. The van der Waals surface area contributed by atoms with E-state index in [-0.39, 0.29) is 17.2 Å². The van der Waals surface area contributed by atoms with E-state index in [2.05, 4.69) is 25.1 Å². The standard InChI is InChI=1S/C17H16F5N5O2/c1-17(2,28)13(9-4-3-8(5-10(9)18)29-15(21)22)26-12-6-11(14(19)20)25-16-23-7-24-27(12)16/h3-7,13-15,26,28H,1-2H3/t13-/m0/s1. The Morgan fingerprint density at radius 3 is 2.48 bits per heavy atom. The summed E-state index contributed by atoms with van der Waals surface area (Å²) in [5, 5.41) is 17.2. The van der Waals surface area contributed by atoms with Crippen molar-refractivity contribution in [2.45, 2.75) is 38.5 Å². The second kappa shape index (κ2) is 7.78. The van der Waals surface area contributed by atoms with Crippen molar-refractivity contribution in [2.75, 3.05) is 5.32 Å². The Hall–Kier alpha value is -3.02. The van der Waals surface area contributed by atoms with E-state index < -0.39 is 41.9 Å². The molecular formula is C17H16F5N5O2. The van der Waals surface area contributed by atoms with Crippen LogP contribution in [0.5, 0.6) is 5.75 Å². The van der Waals surface area contributed by atoms with Gasteiger partial charge in [0.1, 0.15) is 29.4 Å². The lowest BCUT2D eigenvalue weighted by Crippen LogP contribution is -2.35. The predicted octanol–water partition coefficient (Wildman–Crippen LogP) is 3.73. The first kappa shape index (κ1) is 20.7. The molecule has 3 rings (SSSR count).